The number of Topliss-reactive ketones (excluding diaryl/α,β-unsaturated/α-hetero) is 1. The molecule has 0 radical (unpaired) electrons. The van der Waals surface area contributed by atoms with Gasteiger partial charge in [0.2, 0.25) is 0 Å². The van der Waals surface area contributed by atoms with Crippen LogP contribution in [0.2, 0.25) is 0 Å². The van der Waals surface area contributed by atoms with Gasteiger partial charge in [-0.1, -0.05) is 20.8 Å². The van der Waals surface area contributed by atoms with Crippen LogP contribution in [0.4, 0.5) is 0 Å². The van der Waals surface area contributed by atoms with Gasteiger partial charge in [0.1, 0.15) is 5.78 Å². The Morgan fingerprint density at radius 3 is 2.39 bits per heavy atom. The van der Waals surface area contributed by atoms with Crippen LogP contribution in [0, 0.1) is 51.8 Å². The summed E-state index contributed by atoms with van der Waals surface area (Å²) in [6, 6.07) is 0. The summed E-state index contributed by atoms with van der Waals surface area (Å²) in [4.78, 5) is 11.5. The van der Waals surface area contributed by atoms with E-state index in [1.807, 2.05) is 0 Å². The van der Waals surface area contributed by atoms with Gasteiger partial charge < -0.3 is 19.7 Å². The van der Waals surface area contributed by atoms with E-state index in [4.69, 9.17) is 9.47 Å². The van der Waals surface area contributed by atoms with Crippen molar-refractivity contribution in [1.29, 1.82) is 0 Å². The summed E-state index contributed by atoms with van der Waals surface area (Å²) >= 11 is 0. The van der Waals surface area contributed by atoms with Crippen molar-refractivity contribution in [2.45, 2.75) is 103 Å². The fraction of sp³-hybridized carbons (Fsp3) is 0.964. The Morgan fingerprint density at radius 1 is 1.00 bits per heavy atom. The van der Waals surface area contributed by atoms with Crippen LogP contribution in [0.3, 0.4) is 0 Å². The normalized spacial score (nSPS) is 51.9. The van der Waals surface area contributed by atoms with E-state index in [0.29, 0.717) is 23.2 Å². The highest BCUT2D eigenvalue weighted by Crippen LogP contribution is 2.85. The van der Waals surface area contributed by atoms with Gasteiger partial charge in [-0.3, -0.25) is 4.79 Å². The maximum atomic E-state index is 11.5. The number of carbonyl (C=O) groups excluding carboxylic acids is 1. The van der Waals surface area contributed by atoms with E-state index >= 15 is 0 Å². The lowest BCUT2D eigenvalue weighted by molar-refractivity contribution is -0.294. The number of hydrogen-bond acceptors (Lipinski definition) is 5. The van der Waals surface area contributed by atoms with Gasteiger partial charge in [-0.25, -0.2) is 0 Å². The minimum atomic E-state index is -0.959. The first-order valence-electron chi connectivity index (χ1n) is 13.7. The van der Waals surface area contributed by atoms with Gasteiger partial charge in [0.15, 0.2) is 5.79 Å². The Morgan fingerprint density at radius 2 is 1.73 bits per heavy atom. The van der Waals surface area contributed by atoms with Gasteiger partial charge in [-0.15, -0.1) is 0 Å². The molecule has 1 saturated heterocycles. The molecule has 0 amide bonds. The third-order valence-electron chi connectivity index (χ3n) is 12.5. The van der Waals surface area contributed by atoms with Crippen molar-refractivity contribution in [1.82, 2.24) is 0 Å². The maximum Gasteiger partial charge on any atom is 0.175 e. The van der Waals surface area contributed by atoms with Gasteiger partial charge in [0.05, 0.1) is 25.4 Å². The van der Waals surface area contributed by atoms with Crippen molar-refractivity contribution in [3.8, 4) is 0 Å². The monoisotopic (exact) mass is 460 g/mol. The molecule has 0 unspecified atom stereocenters. The van der Waals surface area contributed by atoms with Crippen molar-refractivity contribution >= 4 is 5.78 Å². The summed E-state index contributed by atoms with van der Waals surface area (Å²) in [5.41, 5.74) is 0.747. The number of ketones is 1. The van der Waals surface area contributed by atoms with E-state index in [1.165, 1.54) is 45.4 Å². The molecule has 1 heterocycles. The second-order valence-electron chi connectivity index (χ2n) is 13.4. The zero-order valence-corrected chi connectivity index (χ0v) is 21.0. The molecule has 6 aliphatic rings. The first-order valence-corrected chi connectivity index (χ1v) is 13.7. The number of fused-ring (bicyclic) bond motifs is 4. The number of hydrogen-bond donors (Lipinski definition) is 2. The van der Waals surface area contributed by atoms with Crippen LogP contribution in [-0.4, -0.2) is 47.2 Å². The molecule has 5 saturated carbocycles. The first-order chi connectivity index (χ1) is 15.6. The molecule has 5 heteroatoms. The van der Waals surface area contributed by atoms with E-state index in [-0.39, 0.29) is 34.7 Å². The second kappa shape index (κ2) is 7.27. The van der Waals surface area contributed by atoms with Crippen LogP contribution in [0.25, 0.3) is 0 Å². The van der Waals surface area contributed by atoms with Crippen molar-refractivity contribution in [2.24, 2.45) is 51.8 Å². The fourth-order valence-electron chi connectivity index (χ4n) is 11.1. The third-order valence-corrected chi connectivity index (χ3v) is 12.5. The van der Waals surface area contributed by atoms with E-state index in [9.17, 15) is 15.0 Å². The summed E-state index contributed by atoms with van der Waals surface area (Å²) in [7, 11) is 0. The Labute approximate surface area is 199 Å². The third kappa shape index (κ3) is 2.77. The van der Waals surface area contributed by atoms with Crippen LogP contribution >= 0.6 is 0 Å². The van der Waals surface area contributed by atoms with Gasteiger partial charge >= 0.3 is 0 Å². The average Bonchev–Trinajstić information content (AvgIpc) is 3.03. The lowest BCUT2D eigenvalue weighted by atomic mass is 9.44. The minimum absolute atomic E-state index is 0.0105. The zero-order chi connectivity index (χ0) is 23.4. The Balaban J connectivity index is 1.29. The van der Waals surface area contributed by atoms with Crippen LogP contribution in [0.5, 0.6) is 0 Å². The molecule has 2 N–H and O–H groups in total. The lowest BCUT2D eigenvalue weighted by Gasteiger charge is -2.63. The van der Waals surface area contributed by atoms with Gasteiger partial charge in [0, 0.05) is 18.3 Å². The van der Waals surface area contributed by atoms with Crippen molar-refractivity contribution < 1.29 is 24.5 Å². The van der Waals surface area contributed by atoms with Crippen LogP contribution < -0.4 is 0 Å². The average molecular weight is 461 g/mol. The number of carbonyl (C=O) groups is 1. The molecule has 33 heavy (non-hydrogen) atoms. The Hall–Kier alpha value is -0.490. The predicted octanol–water partition coefficient (Wildman–Crippen LogP) is 4.34. The Bertz CT molecular complexity index is 821. The topological polar surface area (TPSA) is 76.0 Å². The smallest absolute Gasteiger partial charge is 0.175 e. The number of rotatable bonds is 5. The van der Waals surface area contributed by atoms with Gasteiger partial charge in [-0.05, 0) is 98.2 Å². The molecule has 0 aromatic carbocycles. The molecular weight excluding hydrogens is 416 g/mol. The van der Waals surface area contributed by atoms with Crippen LogP contribution in [0.1, 0.15) is 85.5 Å². The summed E-state index contributed by atoms with van der Waals surface area (Å²) < 4.78 is 13.2. The predicted molar refractivity (Wildman–Crippen MR) is 124 cm³/mol. The van der Waals surface area contributed by atoms with Gasteiger partial charge in [0.25, 0.3) is 0 Å². The molecule has 5 aliphatic carbocycles. The summed E-state index contributed by atoms with van der Waals surface area (Å²) in [6.07, 6.45) is 8.06. The summed E-state index contributed by atoms with van der Waals surface area (Å²) in [6.45, 7) is 10.1. The zero-order valence-electron chi connectivity index (χ0n) is 21.0. The number of aliphatic hydroxyl groups is 2. The summed E-state index contributed by atoms with van der Waals surface area (Å²) in [5.74, 6) is 2.74. The van der Waals surface area contributed by atoms with E-state index in [0.717, 1.165) is 37.9 Å². The number of ether oxygens (including phenoxy) is 2. The molecular formula is C28H44O5. The lowest BCUT2D eigenvalue weighted by Crippen LogP contribution is -2.62. The molecule has 186 valence electrons. The quantitative estimate of drug-likeness (QED) is 0.638. The second-order valence-corrected chi connectivity index (χ2v) is 13.4. The van der Waals surface area contributed by atoms with Crippen LogP contribution in [-0.2, 0) is 14.3 Å². The molecule has 6 fully saturated rings. The van der Waals surface area contributed by atoms with Crippen LogP contribution in [0.15, 0.2) is 0 Å². The SMILES string of the molecule is CC(=O)C[C@H](O)[C@H](O)[C@@H](C)[C@H]1CC[C@H]2[C@@H]3CC4(OCCO4)[C@]45C[C@H]4CC[C@]5(C)[C@H]3CC[C@]12C. The largest absolute Gasteiger partial charge is 0.390 e. The molecule has 5 nitrogen and oxygen atoms in total. The molecule has 0 aromatic rings. The Kier molecular flexibility index (Phi) is 5.06. The summed E-state index contributed by atoms with van der Waals surface area (Å²) in [5, 5.41) is 21.5. The molecule has 2 spiro atoms. The van der Waals surface area contributed by atoms with E-state index in [2.05, 4.69) is 20.8 Å². The molecule has 0 bridgehead atoms. The first kappa shape index (κ1) is 22.9. The minimum Gasteiger partial charge on any atom is -0.390 e. The van der Waals surface area contributed by atoms with Gasteiger partial charge in [-0.2, -0.15) is 0 Å². The standard InChI is InChI=1S/C28H44O5/c1-16(29)13-23(30)24(31)17(2)20-5-6-21-19-15-28(32-11-12-33-28)27-14-18(27)7-10-26(27,4)22(19)8-9-25(20,21)3/h17-24,30-31H,5-15H2,1-4H3/t17-,18+,19-,20+,21-,22-,23-,24+,25+,26+,27+/m0/s1. The van der Waals surface area contributed by atoms with Crippen molar-refractivity contribution in [3.63, 3.8) is 0 Å². The molecule has 1 aliphatic heterocycles. The van der Waals surface area contributed by atoms with E-state index in [1.54, 1.807) is 0 Å². The highest BCUT2D eigenvalue weighted by Gasteiger charge is 2.83. The fourth-order valence-corrected chi connectivity index (χ4v) is 11.1. The number of aliphatic hydroxyl groups excluding tert-OH is 2. The van der Waals surface area contributed by atoms with E-state index < -0.39 is 12.2 Å². The molecule has 0 aromatic heterocycles. The highest BCUT2D eigenvalue weighted by atomic mass is 16.7. The highest BCUT2D eigenvalue weighted by molar-refractivity contribution is 5.76. The molecule has 6 rings (SSSR count). The molecule has 11 atom stereocenters. The van der Waals surface area contributed by atoms with Crippen molar-refractivity contribution in [3.05, 3.63) is 0 Å². The van der Waals surface area contributed by atoms with Crippen molar-refractivity contribution in [2.75, 3.05) is 13.2 Å². The maximum absolute atomic E-state index is 11.5.